The molecule has 0 bridgehead atoms. The molecule has 0 aliphatic carbocycles. The van der Waals surface area contributed by atoms with Gasteiger partial charge in [0.2, 0.25) is 10.0 Å². The fraction of sp³-hybridized carbons (Fsp3) is 0.421. The topological polar surface area (TPSA) is 88.8 Å². The normalized spacial score (nSPS) is 20.6. The van der Waals surface area contributed by atoms with Crippen LogP contribution in [0.25, 0.3) is 0 Å². The molecule has 1 aromatic heterocycles. The van der Waals surface area contributed by atoms with Crippen molar-refractivity contribution >= 4 is 15.9 Å². The summed E-state index contributed by atoms with van der Waals surface area (Å²) in [4.78, 5) is 14.7. The van der Waals surface area contributed by atoms with E-state index in [1.807, 2.05) is 13.8 Å². The average Bonchev–Trinajstić information content (AvgIpc) is 3.12. The predicted molar refractivity (Wildman–Crippen MR) is 99.8 cm³/mol. The highest BCUT2D eigenvalue weighted by Gasteiger charge is 2.28. The van der Waals surface area contributed by atoms with E-state index >= 15 is 0 Å². The van der Waals surface area contributed by atoms with E-state index < -0.39 is 10.0 Å². The molecule has 0 radical (unpaired) electrons. The van der Waals surface area contributed by atoms with Crippen molar-refractivity contribution in [3.05, 3.63) is 53.5 Å². The maximum absolute atomic E-state index is 13.0. The lowest BCUT2D eigenvalue weighted by molar-refractivity contribution is -0.0586. The lowest BCUT2D eigenvalue weighted by atomic mass is 10.1. The Bertz CT molecular complexity index is 898. The van der Waals surface area contributed by atoms with E-state index in [2.05, 4.69) is 4.72 Å². The van der Waals surface area contributed by atoms with Crippen molar-refractivity contribution in [3.63, 3.8) is 0 Å². The quantitative estimate of drug-likeness (QED) is 0.844. The third kappa shape index (κ3) is 4.58. The van der Waals surface area contributed by atoms with Crippen molar-refractivity contribution in [2.24, 2.45) is 0 Å². The van der Waals surface area contributed by atoms with Crippen molar-refractivity contribution < 1.29 is 22.4 Å². The number of ether oxygens (including phenoxy) is 1. The predicted octanol–water partition coefficient (Wildman–Crippen LogP) is 2.32. The van der Waals surface area contributed by atoms with Gasteiger partial charge in [-0.3, -0.25) is 4.79 Å². The minimum atomic E-state index is -3.77. The molecule has 7 nitrogen and oxygen atoms in total. The van der Waals surface area contributed by atoms with Crippen LogP contribution in [0.1, 0.15) is 35.5 Å². The van der Waals surface area contributed by atoms with Crippen LogP contribution in [0.3, 0.4) is 0 Å². The number of carbonyl (C=O) groups excluding carboxylic acids is 1. The smallest absolute Gasteiger partial charge is 0.254 e. The maximum Gasteiger partial charge on any atom is 0.254 e. The van der Waals surface area contributed by atoms with Gasteiger partial charge in [-0.2, -0.15) is 0 Å². The molecule has 2 unspecified atom stereocenters. The number of rotatable bonds is 5. The maximum atomic E-state index is 13.0. The van der Waals surface area contributed by atoms with Crippen molar-refractivity contribution in [3.8, 4) is 0 Å². The molecular weight excluding hydrogens is 368 g/mol. The van der Waals surface area contributed by atoms with Gasteiger partial charge < -0.3 is 14.1 Å². The van der Waals surface area contributed by atoms with Crippen molar-refractivity contribution in [1.82, 2.24) is 9.62 Å². The number of amides is 1. The molecule has 1 aromatic carbocycles. The van der Waals surface area contributed by atoms with Gasteiger partial charge in [0, 0.05) is 18.7 Å². The zero-order chi connectivity index (χ0) is 19.6. The molecule has 0 saturated carbocycles. The van der Waals surface area contributed by atoms with E-state index in [0.29, 0.717) is 24.4 Å². The number of aryl methyl sites for hydroxylation is 1. The molecule has 27 heavy (non-hydrogen) atoms. The minimum Gasteiger partial charge on any atom is -0.468 e. The lowest BCUT2D eigenvalue weighted by Gasteiger charge is -2.35. The summed E-state index contributed by atoms with van der Waals surface area (Å²) in [6.07, 6.45) is 1.37. The van der Waals surface area contributed by atoms with Gasteiger partial charge in [-0.05, 0) is 50.6 Å². The Kier molecular flexibility index (Phi) is 5.69. The number of hydrogen-bond acceptors (Lipinski definition) is 5. The number of furan rings is 1. The summed E-state index contributed by atoms with van der Waals surface area (Å²) < 4.78 is 38.5. The van der Waals surface area contributed by atoms with E-state index in [1.54, 1.807) is 30.0 Å². The molecule has 8 heteroatoms. The lowest BCUT2D eigenvalue weighted by Crippen LogP contribution is -2.48. The Morgan fingerprint density at radius 2 is 1.93 bits per heavy atom. The van der Waals surface area contributed by atoms with E-state index in [4.69, 9.17) is 9.15 Å². The van der Waals surface area contributed by atoms with Crippen LogP contribution in [0, 0.1) is 6.92 Å². The third-order valence-electron chi connectivity index (χ3n) is 4.47. The first-order valence-corrected chi connectivity index (χ1v) is 10.3. The zero-order valence-corrected chi connectivity index (χ0v) is 16.5. The van der Waals surface area contributed by atoms with E-state index in [9.17, 15) is 13.2 Å². The summed E-state index contributed by atoms with van der Waals surface area (Å²) in [5.41, 5.74) is 1.12. The molecule has 1 saturated heterocycles. The molecule has 1 fully saturated rings. The Hall–Kier alpha value is -2.16. The summed E-state index contributed by atoms with van der Waals surface area (Å²) in [5, 5.41) is 0. The second-order valence-corrected chi connectivity index (χ2v) is 8.62. The van der Waals surface area contributed by atoms with Gasteiger partial charge in [-0.1, -0.05) is 6.07 Å². The molecular formula is C19H24N2O5S. The molecule has 2 aromatic rings. The second-order valence-electron chi connectivity index (χ2n) is 6.85. The number of benzene rings is 1. The first-order chi connectivity index (χ1) is 12.8. The van der Waals surface area contributed by atoms with Gasteiger partial charge in [0.05, 0.1) is 29.9 Å². The van der Waals surface area contributed by atoms with Gasteiger partial charge >= 0.3 is 0 Å². The van der Waals surface area contributed by atoms with Crippen molar-refractivity contribution in [2.75, 3.05) is 13.1 Å². The number of morpholine rings is 1. The van der Waals surface area contributed by atoms with Crippen LogP contribution in [0.15, 0.2) is 45.9 Å². The molecule has 2 atom stereocenters. The zero-order valence-electron chi connectivity index (χ0n) is 15.6. The number of hydrogen-bond donors (Lipinski definition) is 1. The van der Waals surface area contributed by atoms with Crippen LogP contribution in [0.5, 0.6) is 0 Å². The Balaban J connectivity index is 1.82. The van der Waals surface area contributed by atoms with Crippen LogP contribution in [-0.2, 0) is 21.3 Å². The molecule has 1 aliphatic heterocycles. The molecule has 0 spiro atoms. The van der Waals surface area contributed by atoms with Crippen molar-refractivity contribution in [1.29, 1.82) is 0 Å². The summed E-state index contributed by atoms with van der Waals surface area (Å²) in [6, 6.07) is 7.97. The second kappa shape index (κ2) is 7.84. The Morgan fingerprint density at radius 1 is 1.22 bits per heavy atom. The molecule has 3 rings (SSSR count). The number of carbonyl (C=O) groups is 1. The van der Waals surface area contributed by atoms with Crippen LogP contribution in [0.2, 0.25) is 0 Å². The summed E-state index contributed by atoms with van der Waals surface area (Å²) in [5.74, 6) is 0.330. The van der Waals surface area contributed by atoms with E-state index in [-0.39, 0.29) is 29.6 Å². The first-order valence-electron chi connectivity index (χ1n) is 8.83. The van der Waals surface area contributed by atoms with Crippen LogP contribution < -0.4 is 4.72 Å². The number of sulfonamides is 1. The van der Waals surface area contributed by atoms with E-state index in [0.717, 1.165) is 5.56 Å². The summed E-state index contributed by atoms with van der Waals surface area (Å²) in [6.45, 7) is 6.65. The molecule has 2 heterocycles. The monoisotopic (exact) mass is 392 g/mol. The van der Waals surface area contributed by atoms with Gasteiger partial charge in [0.15, 0.2) is 0 Å². The third-order valence-corrected chi connectivity index (χ3v) is 5.87. The highest BCUT2D eigenvalue weighted by Crippen LogP contribution is 2.20. The number of nitrogens with one attached hydrogen (secondary N) is 1. The van der Waals surface area contributed by atoms with E-state index in [1.165, 1.54) is 18.4 Å². The largest absolute Gasteiger partial charge is 0.468 e. The van der Waals surface area contributed by atoms with Crippen LogP contribution in [0.4, 0.5) is 0 Å². The van der Waals surface area contributed by atoms with Crippen molar-refractivity contribution in [2.45, 2.75) is 44.4 Å². The fourth-order valence-corrected chi connectivity index (χ4v) is 4.19. The van der Waals surface area contributed by atoms with Crippen LogP contribution >= 0.6 is 0 Å². The Labute approximate surface area is 159 Å². The fourth-order valence-electron chi connectivity index (χ4n) is 3.18. The molecule has 146 valence electrons. The minimum absolute atomic E-state index is 0.0466. The summed E-state index contributed by atoms with van der Waals surface area (Å²) in [7, 11) is -3.77. The Morgan fingerprint density at radius 3 is 2.56 bits per heavy atom. The van der Waals surface area contributed by atoms with Gasteiger partial charge in [-0.15, -0.1) is 0 Å². The molecule has 1 N–H and O–H groups in total. The highest BCUT2D eigenvalue weighted by molar-refractivity contribution is 7.89. The highest BCUT2D eigenvalue weighted by atomic mass is 32.2. The van der Waals surface area contributed by atoms with Crippen LogP contribution in [-0.4, -0.2) is 44.5 Å². The molecule has 1 amide bonds. The van der Waals surface area contributed by atoms with Gasteiger partial charge in [0.1, 0.15) is 5.76 Å². The molecule has 1 aliphatic rings. The first kappa shape index (κ1) is 19.6. The standard InChI is InChI=1S/C19H24N2O5S/c1-13-6-7-17(27(23,24)20-10-16-5-4-8-25-16)9-18(13)19(22)21-11-14(2)26-15(3)12-21/h4-9,14-15,20H,10-12H2,1-3H3. The average molecular weight is 392 g/mol. The number of nitrogens with zero attached hydrogens (tertiary/aromatic N) is 1. The van der Waals surface area contributed by atoms with Gasteiger partial charge in [0.25, 0.3) is 5.91 Å². The SMILES string of the molecule is Cc1ccc(S(=O)(=O)NCc2ccco2)cc1C(=O)N1CC(C)OC(C)C1. The summed E-state index contributed by atoms with van der Waals surface area (Å²) >= 11 is 0. The van der Waals surface area contributed by atoms with Gasteiger partial charge in [-0.25, -0.2) is 13.1 Å².